The average Bonchev–Trinajstić information content (AvgIpc) is 2.72. The van der Waals surface area contributed by atoms with E-state index in [0.717, 1.165) is 44.1 Å². The number of allylic oxidation sites excluding steroid dienone is 1. The SMILES string of the molecule is CCCCCC=Cc1ccc(-c2ccc(C3CCC(F)CC3)cc2)c(F)c1F. The van der Waals surface area contributed by atoms with Crippen molar-refractivity contribution in [3.63, 3.8) is 0 Å². The molecule has 1 aliphatic carbocycles. The maximum absolute atomic E-state index is 14.6. The summed E-state index contributed by atoms with van der Waals surface area (Å²) in [6.07, 6.45) is 10.1. The summed E-state index contributed by atoms with van der Waals surface area (Å²) in [4.78, 5) is 0. The van der Waals surface area contributed by atoms with Gasteiger partial charge in [-0.05, 0) is 55.6 Å². The third-order valence-electron chi connectivity index (χ3n) is 5.73. The van der Waals surface area contributed by atoms with E-state index < -0.39 is 17.8 Å². The van der Waals surface area contributed by atoms with Crippen molar-refractivity contribution < 1.29 is 13.2 Å². The minimum atomic E-state index is -0.804. The monoisotopic (exact) mass is 386 g/mol. The summed E-state index contributed by atoms with van der Waals surface area (Å²) in [5, 5.41) is 0. The molecule has 0 amide bonds. The van der Waals surface area contributed by atoms with Crippen LogP contribution in [0.3, 0.4) is 0 Å². The van der Waals surface area contributed by atoms with Crippen LogP contribution >= 0.6 is 0 Å². The average molecular weight is 387 g/mol. The molecule has 0 N–H and O–H groups in total. The third-order valence-corrected chi connectivity index (χ3v) is 5.73. The van der Waals surface area contributed by atoms with Gasteiger partial charge in [-0.2, -0.15) is 0 Å². The van der Waals surface area contributed by atoms with Crippen molar-refractivity contribution in [2.24, 2.45) is 0 Å². The second-order valence-corrected chi connectivity index (χ2v) is 7.80. The van der Waals surface area contributed by atoms with E-state index >= 15 is 0 Å². The molecule has 2 aromatic carbocycles. The molecule has 0 atom stereocenters. The zero-order valence-corrected chi connectivity index (χ0v) is 16.6. The van der Waals surface area contributed by atoms with E-state index in [1.54, 1.807) is 18.2 Å². The van der Waals surface area contributed by atoms with Crippen molar-refractivity contribution in [3.05, 3.63) is 65.2 Å². The van der Waals surface area contributed by atoms with Crippen LogP contribution in [-0.2, 0) is 0 Å². The van der Waals surface area contributed by atoms with Gasteiger partial charge >= 0.3 is 0 Å². The number of unbranched alkanes of at least 4 members (excludes halogenated alkanes) is 3. The van der Waals surface area contributed by atoms with Crippen LogP contribution in [0.25, 0.3) is 17.2 Å². The fourth-order valence-corrected chi connectivity index (χ4v) is 3.96. The van der Waals surface area contributed by atoms with Gasteiger partial charge in [-0.1, -0.05) is 68.3 Å². The van der Waals surface area contributed by atoms with Gasteiger partial charge in [-0.15, -0.1) is 0 Å². The fourth-order valence-electron chi connectivity index (χ4n) is 3.96. The number of alkyl halides is 1. The van der Waals surface area contributed by atoms with Crippen LogP contribution in [0.2, 0.25) is 0 Å². The highest BCUT2D eigenvalue weighted by Gasteiger charge is 2.22. The first kappa shape index (κ1) is 20.7. The summed E-state index contributed by atoms with van der Waals surface area (Å²) in [5.41, 5.74) is 2.39. The van der Waals surface area contributed by atoms with Gasteiger partial charge in [-0.25, -0.2) is 13.2 Å². The Morgan fingerprint density at radius 1 is 0.893 bits per heavy atom. The van der Waals surface area contributed by atoms with Gasteiger partial charge in [0, 0.05) is 11.1 Å². The molecule has 0 aliphatic heterocycles. The molecule has 0 radical (unpaired) electrons. The predicted molar refractivity (Wildman–Crippen MR) is 111 cm³/mol. The molecule has 1 fully saturated rings. The minimum Gasteiger partial charge on any atom is -0.247 e. The molecule has 150 valence electrons. The van der Waals surface area contributed by atoms with Gasteiger partial charge in [0.25, 0.3) is 0 Å². The van der Waals surface area contributed by atoms with Gasteiger partial charge in [0.1, 0.15) is 6.17 Å². The molecule has 3 heteroatoms. The zero-order valence-electron chi connectivity index (χ0n) is 16.6. The second-order valence-electron chi connectivity index (χ2n) is 7.80. The number of hydrogen-bond acceptors (Lipinski definition) is 0. The van der Waals surface area contributed by atoms with Gasteiger partial charge < -0.3 is 0 Å². The second kappa shape index (κ2) is 9.95. The standard InChI is InChI=1S/C25H29F3/c1-2-3-4-5-6-7-21-14-17-23(25(28)24(21)27)20-10-8-18(9-11-20)19-12-15-22(26)16-13-19/h6-11,14,17,19,22H,2-5,12-13,15-16H2,1H3. The van der Waals surface area contributed by atoms with Crippen LogP contribution in [0.5, 0.6) is 0 Å². The predicted octanol–water partition coefficient (Wildman–Crippen LogP) is 8.22. The van der Waals surface area contributed by atoms with Crippen LogP contribution in [0.1, 0.15) is 75.3 Å². The highest BCUT2D eigenvalue weighted by atomic mass is 19.2. The molecule has 0 unspecified atom stereocenters. The number of benzene rings is 2. The lowest BCUT2D eigenvalue weighted by Crippen LogP contribution is -2.13. The Morgan fingerprint density at radius 2 is 1.61 bits per heavy atom. The van der Waals surface area contributed by atoms with Crippen LogP contribution in [0, 0.1) is 11.6 Å². The molecule has 0 aromatic heterocycles. The molecule has 0 spiro atoms. The summed E-state index contributed by atoms with van der Waals surface area (Å²) in [5.74, 6) is -1.24. The van der Waals surface area contributed by atoms with Crippen molar-refractivity contribution in [1.82, 2.24) is 0 Å². The molecule has 0 bridgehead atoms. The summed E-state index contributed by atoms with van der Waals surface area (Å²) >= 11 is 0. The first-order valence-electron chi connectivity index (χ1n) is 10.5. The smallest absolute Gasteiger partial charge is 0.167 e. The zero-order chi connectivity index (χ0) is 19.9. The highest BCUT2D eigenvalue weighted by Crippen LogP contribution is 2.35. The van der Waals surface area contributed by atoms with Gasteiger partial charge in [-0.3, -0.25) is 0 Å². The van der Waals surface area contributed by atoms with Crippen LogP contribution in [0.4, 0.5) is 13.2 Å². The van der Waals surface area contributed by atoms with Crippen molar-refractivity contribution >= 4 is 6.08 Å². The summed E-state index contributed by atoms with van der Waals surface area (Å²) in [6, 6.07) is 10.9. The Hall–Kier alpha value is -2.03. The topological polar surface area (TPSA) is 0 Å². The normalized spacial score (nSPS) is 20.0. The first-order valence-corrected chi connectivity index (χ1v) is 10.5. The van der Waals surface area contributed by atoms with Crippen LogP contribution < -0.4 is 0 Å². The largest absolute Gasteiger partial charge is 0.247 e. The molecule has 2 aromatic rings. The van der Waals surface area contributed by atoms with Crippen molar-refractivity contribution in [2.75, 3.05) is 0 Å². The van der Waals surface area contributed by atoms with Gasteiger partial charge in [0.05, 0.1) is 0 Å². The van der Waals surface area contributed by atoms with Gasteiger partial charge in [0.15, 0.2) is 11.6 Å². The van der Waals surface area contributed by atoms with E-state index in [2.05, 4.69) is 6.92 Å². The van der Waals surface area contributed by atoms with E-state index in [1.165, 1.54) is 0 Å². The lowest BCUT2D eigenvalue weighted by Gasteiger charge is -2.24. The number of halogens is 3. The highest BCUT2D eigenvalue weighted by molar-refractivity contribution is 5.67. The molecule has 3 rings (SSSR count). The van der Waals surface area contributed by atoms with Crippen molar-refractivity contribution in [2.45, 2.75) is 70.4 Å². The van der Waals surface area contributed by atoms with E-state index in [1.807, 2.05) is 30.3 Å². The maximum atomic E-state index is 14.6. The molecule has 1 saturated carbocycles. The summed E-state index contributed by atoms with van der Waals surface area (Å²) in [7, 11) is 0. The van der Waals surface area contributed by atoms with Crippen LogP contribution in [-0.4, -0.2) is 6.17 Å². The van der Waals surface area contributed by atoms with Gasteiger partial charge in [0.2, 0.25) is 0 Å². The van der Waals surface area contributed by atoms with Crippen molar-refractivity contribution in [1.29, 1.82) is 0 Å². The van der Waals surface area contributed by atoms with E-state index in [0.29, 0.717) is 24.3 Å². The quantitative estimate of drug-likeness (QED) is 0.420. The first-order chi connectivity index (χ1) is 13.6. The molecule has 0 saturated heterocycles. The maximum Gasteiger partial charge on any atom is 0.167 e. The number of rotatable bonds is 7. The van der Waals surface area contributed by atoms with E-state index in [9.17, 15) is 13.2 Å². The summed E-state index contributed by atoms with van der Waals surface area (Å²) in [6.45, 7) is 2.14. The molecular weight excluding hydrogens is 357 g/mol. The molecule has 1 aliphatic rings. The molecular formula is C25H29F3. The minimum absolute atomic E-state index is 0.277. The Morgan fingerprint density at radius 3 is 2.29 bits per heavy atom. The van der Waals surface area contributed by atoms with E-state index in [4.69, 9.17) is 0 Å². The van der Waals surface area contributed by atoms with Crippen molar-refractivity contribution in [3.8, 4) is 11.1 Å². The molecule has 28 heavy (non-hydrogen) atoms. The Kier molecular flexibility index (Phi) is 7.36. The summed E-state index contributed by atoms with van der Waals surface area (Å²) < 4.78 is 42.4. The Bertz CT molecular complexity index is 784. The van der Waals surface area contributed by atoms with Crippen LogP contribution in [0.15, 0.2) is 42.5 Å². The fraction of sp³-hybridized carbons (Fsp3) is 0.440. The Labute approximate surface area is 166 Å². The third kappa shape index (κ3) is 5.06. The molecule has 0 heterocycles. The lowest BCUT2D eigenvalue weighted by molar-refractivity contribution is 0.235. The lowest BCUT2D eigenvalue weighted by atomic mass is 9.83. The Balaban J connectivity index is 1.72. The van der Waals surface area contributed by atoms with E-state index in [-0.39, 0.29) is 11.1 Å². The number of hydrogen-bond donors (Lipinski definition) is 0. The molecule has 0 nitrogen and oxygen atoms in total.